The van der Waals surface area contributed by atoms with Crippen molar-refractivity contribution in [3.8, 4) is 5.75 Å². The van der Waals surface area contributed by atoms with Gasteiger partial charge < -0.3 is 15.2 Å². The van der Waals surface area contributed by atoms with Crippen molar-refractivity contribution in [3.05, 3.63) is 66.0 Å². The maximum Gasteiger partial charge on any atom is 0.258 e. The van der Waals surface area contributed by atoms with E-state index in [1.807, 2.05) is 18.2 Å². The van der Waals surface area contributed by atoms with Gasteiger partial charge in [-0.2, -0.15) is 0 Å². The molecule has 2 aromatic rings. The highest BCUT2D eigenvalue weighted by atomic mass is 19.1. The van der Waals surface area contributed by atoms with Crippen molar-refractivity contribution in [1.82, 2.24) is 5.32 Å². The van der Waals surface area contributed by atoms with Gasteiger partial charge in [0.15, 0.2) is 18.2 Å². The average molecular weight is 289 g/mol. The lowest BCUT2D eigenvalue weighted by atomic mass is 10.1. The number of ether oxygens (including phenoxy) is 1. The molecule has 0 aliphatic heterocycles. The van der Waals surface area contributed by atoms with E-state index in [0.29, 0.717) is 0 Å². The Morgan fingerprint density at radius 1 is 1.14 bits per heavy atom. The fourth-order valence-corrected chi connectivity index (χ4v) is 1.86. The van der Waals surface area contributed by atoms with E-state index >= 15 is 0 Å². The molecule has 5 heteroatoms. The quantitative estimate of drug-likeness (QED) is 0.855. The molecule has 0 aromatic heterocycles. The van der Waals surface area contributed by atoms with Gasteiger partial charge in [-0.3, -0.25) is 4.79 Å². The summed E-state index contributed by atoms with van der Waals surface area (Å²) in [5.41, 5.74) is 0.791. The zero-order chi connectivity index (χ0) is 15.1. The molecule has 21 heavy (non-hydrogen) atoms. The molecule has 2 aromatic carbocycles. The van der Waals surface area contributed by atoms with Crippen LogP contribution in [0.3, 0.4) is 0 Å². The minimum absolute atomic E-state index is 0.0212. The van der Waals surface area contributed by atoms with Crippen molar-refractivity contribution < 1.29 is 19.0 Å². The molecule has 0 aliphatic rings. The molecule has 1 atom stereocenters. The first-order valence-corrected chi connectivity index (χ1v) is 6.53. The van der Waals surface area contributed by atoms with Gasteiger partial charge in [0.05, 0.1) is 12.6 Å². The Hall–Kier alpha value is -2.40. The Kier molecular flexibility index (Phi) is 5.29. The van der Waals surface area contributed by atoms with Crippen LogP contribution in [0.15, 0.2) is 54.6 Å². The zero-order valence-electron chi connectivity index (χ0n) is 11.3. The summed E-state index contributed by atoms with van der Waals surface area (Å²) in [6.07, 6.45) is 0. The molecule has 0 heterocycles. The van der Waals surface area contributed by atoms with Gasteiger partial charge >= 0.3 is 0 Å². The first-order chi connectivity index (χ1) is 10.2. The Morgan fingerprint density at radius 3 is 2.48 bits per heavy atom. The highest BCUT2D eigenvalue weighted by molar-refractivity contribution is 5.78. The van der Waals surface area contributed by atoms with Gasteiger partial charge in [0.25, 0.3) is 5.91 Å². The number of hydrogen-bond acceptors (Lipinski definition) is 3. The largest absolute Gasteiger partial charge is 0.481 e. The van der Waals surface area contributed by atoms with Crippen molar-refractivity contribution in [2.24, 2.45) is 0 Å². The van der Waals surface area contributed by atoms with Gasteiger partial charge in [0.1, 0.15) is 0 Å². The maximum absolute atomic E-state index is 13.3. The van der Waals surface area contributed by atoms with Crippen LogP contribution in [0.2, 0.25) is 0 Å². The Balaban J connectivity index is 1.90. The SMILES string of the molecule is O=C(COc1ccccc1F)N[C@@H](CO)c1ccccc1. The van der Waals surface area contributed by atoms with Crippen molar-refractivity contribution in [2.75, 3.05) is 13.2 Å². The molecule has 2 N–H and O–H groups in total. The van der Waals surface area contributed by atoms with E-state index in [4.69, 9.17) is 4.74 Å². The molecule has 0 fully saturated rings. The van der Waals surface area contributed by atoms with Crippen molar-refractivity contribution in [3.63, 3.8) is 0 Å². The fraction of sp³-hybridized carbons (Fsp3) is 0.188. The number of carbonyl (C=O) groups is 1. The number of amides is 1. The maximum atomic E-state index is 13.3. The summed E-state index contributed by atoms with van der Waals surface area (Å²) in [4.78, 5) is 11.8. The molecule has 1 amide bonds. The van der Waals surface area contributed by atoms with Crippen LogP contribution in [0.4, 0.5) is 4.39 Å². The van der Waals surface area contributed by atoms with Crippen LogP contribution in [0.5, 0.6) is 5.75 Å². The molecule has 4 nitrogen and oxygen atoms in total. The minimum atomic E-state index is -0.521. The number of hydrogen-bond donors (Lipinski definition) is 2. The Labute approximate surface area is 122 Å². The first-order valence-electron chi connectivity index (χ1n) is 6.53. The van der Waals surface area contributed by atoms with Crippen molar-refractivity contribution >= 4 is 5.91 Å². The van der Waals surface area contributed by atoms with Gasteiger partial charge in [-0.05, 0) is 17.7 Å². The third-order valence-electron chi connectivity index (χ3n) is 2.92. The van der Waals surface area contributed by atoms with E-state index < -0.39 is 17.8 Å². The molecule has 0 spiro atoms. The number of benzene rings is 2. The third-order valence-corrected chi connectivity index (χ3v) is 2.92. The van der Waals surface area contributed by atoms with E-state index in [0.717, 1.165) is 5.56 Å². The second-order valence-corrected chi connectivity index (χ2v) is 4.43. The number of carbonyl (C=O) groups excluding carboxylic acids is 1. The number of halogens is 1. The predicted molar refractivity (Wildman–Crippen MR) is 76.3 cm³/mol. The number of rotatable bonds is 6. The van der Waals surface area contributed by atoms with E-state index in [1.165, 1.54) is 12.1 Å². The van der Waals surface area contributed by atoms with E-state index in [1.54, 1.807) is 24.3 Å². The third kappa shape index (κ3) is 4.29. The predicted octanol–water partition coefficient (Wildman–Crippen LogP) is 2.05. The fourth-order valence-electron chi connectivity index (χ4n) is 1.86. The molecule has 2 rings (SSSR count). The first kappa shape index (κ1) is 15.0. The van der Waals surface area contributed by atoms with Crippen LogP contribution in [0.25, 0.3) is 0 Å². The second kappa shape index (κ2) is 7.40. The monoisotopic (exact) mass is 289 g/mol. The number of aliphatic hydroxyl groups excluding tert-OH is 1. The molecule has 0 aliphatic carbocycles. The Morgan fingerprint density at radius 2 is 1.81 bits per heavy atom. The standard InChI is InChI=1S/C16H16FNO3/c17-13-8-4-5-9-15(13)21-11-16(20)18-14(10-19)12-6-2-1-3-7-12/h1-9,14,19H,10-11H2,(H,18,20)/t14-/m0/s1. The van der Waals surface area contributed by atoms with Gasteiger partial charge in [-0.15, -0.1) is 0 Å². The minimum Gasteiger partial charge on any atom is -0.481 e. The Bertz CT molecular complexity index is 589. The second-order valence-electron chi connectivity index (χ2n) is 4.43. The topological polar surface area (TPSA) is 58.6 Å². The summed E-state index contributed by atoms with van der Waals surface area (Å²) in [5, 5.41) is 12.0. The lowest BCUT2D eigenvalue weighted by Crippen LogP contribution is -2.34. The molecule has 0 unspecified atom stereocenters. The van der Waals surface area contributed by atoms with Crippen molar-refractivity contribution in [2.45, 2.75) is 6.04 Å². The van der Waals surface area contributed by atoms with E-state index in [9.17, 15) is 14.3 Å². The molecule has 0 saturated carbocycles. The summed E-state index contributed by atoms with van der Waals surface area (Å²) < 4.78 is 18.4. The summed E-state index contributed by atoms with van der Waals surface area (Å²) in [6.45, 7) is -0.542. The van der Waals surface area contributed by atoms with Crippen LogP contribution in [0, 0.1) is 5.82 Å². The molecular weight excluding hydrogens is 273 g/mol. The van der Waals surface area contributed by atoms with E-state index in [2.05, 4.69) is 5.32 Å². The summed E-state index contributed by atoms with van der Waals surface area (Å²) in [6, 6.07) is 14.5. The molecule has 0 saturated heterocycles. The number of aliphatic hydroxyl groups is 1. The highest BCUT2D eigenvalue weighted by Crippen LogP contribution is 2.15. The lowest BCUT2D eigenvalue weighted by molar-refractivity contribution is -0.124. The normalized spacial score (nSPS) is 11.7. The van der Waals surface area contributed by atoms with Crippen LogP contribution in [-0.4, -0.2) is 24.2 Å². The smallest absolute Gasteiger partial charge is 0.258 e. The van der Waals surface area contributed by atoms with Crippen LogP contribution in [-0.2, 0) is 4.79 Å². The van der Waals surface area contributed by atoms with Gasteiger partial charge in [-0.1, -0.05) is 42.5 Å². The summed E-state index contributed by atoms with van der Waals surface area (Å²) >= 11 is 0. The molecule has 110 valence electrons. The summed E-state index contributed by atoms with van der Waals surface area (Å²) in [7, 11) is 0. The van der Waals surface area contributed by atoms with Gasteiger partial charge in [-0.25, -0.2) is 4.39 Å². The number of para-hydroxylation sites is 1. The van der Waals surface area contributed by atoms with Gasteiger partial charge in [0, 0.05) is 0 Å². The van der Waals surface area contributed by atoms with Crippen LogP contribution < -0.4 is 10.1 Å². The van der Waals surface area contributed by atoms with Crippen molar-refractivity contribution in [1.29, 1.82) is 0 Å². The van der Waals surface area contributed by atoms with E-state index in [-0.39, 0.29) is 19.0 Å². The van der Waals surface area contributed by atoms with Crippen LogP contribution >= 0.6 is 0 Å². The highest BCUT2D eigenvalue weighted by Gasteiger charge is 2.14. The molecule has 0 radical (unpaired) electrons. The number of nitrogens with one attached hydrogen (secondary N) is 1. The van der Waals surface area contributed by atoms with Crippen LogP contribution in [0.1, 0.15) is 11.6 Å². The lowest BCUT2D eigenvalue weighted by Gasteiger charge is -2.17. The van der Waals surface area contributed by atoms with Gasteiger partial charge in [0.2, 0.25) is 0 Å². The average Bonchev–Trinajstić information content (AvgIpc) is 2.52. The zero-order valence-corrected chi connectivity index (χ0v) is 11.3. The molecular formula is C16H16FNO3. The summed E-state index contributed by atoms with van der Waals surface area (Å²) in [5.74, 6) is -0.930. The molecule has 0 bridgehead atoms.